The number of hydrogen-bond donors (Lipinski definition) is 2. The fourth-order valence-electron chi connectivity index (χ4n) is 2.76. The Morgan fingerprint density at radius 3 is 3.09 bits per heavy atom. The molecule has 1 atom stereocenters. The molecular formula is C15H21N5OS. The molecule has 1 fully saturated rings. The first-order chi connectivity index (χ1) is 10.6. The lowest BCUT2D eigenvalue weighted by atomic mass is 9.99. The van der Waals surface area contributed by atoms with Crippen LogP contribution in [0.5, 0.6) is 0 Å². The van der Waals surface area contributed by atoms with Crippen LogP contribution in [0.2, 0.25) is 0 Å². The lowest BCUT2D eigenvalue weighted by Gasteiger charge is -2.23. The minimum Gasteiger partial charge on any atom is -0.352 e. The van der Waals surface area contributed by atoms with Crippen molar-refractivity contribution >= 4 is 23.7 Å². The zero-order chi connectivity index (χ0) is 15.6. The fourth-order valence-corrected chi connectivity index (χ4v) is 3.85. The van der Waals surface area contributed by atoms with Gasteiger partial charge in [-0.1, -0.05) is 5.57 Å². The van der Waals surface area contributed by atoms with Gasteiger partial charge in [-0.25, -0.2) is 14.8 Å². The van der Waals surface area contributed by atoms with Crippen LogP contribution in [-0.2, 0) is 4.75 Å². The molecule has 2 amide bonds. The van der Waals surface area contributed by atoms with Crippen molar-refractivity contribution in [2.75, 3.05) is 31.5 Å². The largest absolute Gasteiger partial charge is 0.352 e. The van der Waals surface area contributed by atoms with E-state index >= 15 is 0 Å². The van der Waals surface area contributed by atoms with Gasteiger partial charge < -0.3 is 15.5 Å². The molecular weight excluding hydrogens is 298 g/mol. The summed E-state index contributed by atoms with van der Waals surface area (Å²) in [7, 11) is 0. The minimum absolute atomic E-state index is 0.00169. The summed E-state index contributed by atoms with van der Waals surface area (Å²) in [5.74, 6) is 0.628. The van der Waals surface area contributed by atoms with Gasteiger partial charge in [-0.05, 0) is 31.7 Å². The van der Waals surface area contributed by atoms with Crippen LogP contribution in [-0.4, -0.2) is 47.1 Å². The van der Waals surface area contributed by atoms with E-state index in [0.717, 1.165) is 25.2 Å². The Balaban J connectivity index is 1.58. The standard InChI is InChI=1S/C15H21N5OS/c1-11-9-15(2,22-10-11)12-3-4-16-13(19-12)17-5-7-20-8-6-18-14(20)21/h3-4,10H,5-9H2,1-2H3,(H,18,21)(H,16,17,19). The topological polar surface area (TPSA) is 70.2 Å². The molecule has 1 aromatic rings. The molecule has 0 aliphatic carbocycles. The van der Waals surface area contributed by atoms with Gasteiger partial charge in [0.2, 0.25) is 5.95 Å². The first-order valence-corrected chi connectivity index (χ1v) is 8.38. The van der Waals surface area contributed by atoms with Gasteiger partial charge in [0.25, 0.3) is 0 Å². The number of thioether (sulfide) groups is 1. The van der Waals surface area contributed by atoms with Gasteiger partial charge in [-0.15, -0.1) is 11.8 Å². The Morgan fingerprint density at radius 1 is 1.55 bits per heavy atom. The van der Waals surface area contributed by atoms with E-state index in [1.807, 2.05) is 17.8 Å². The number of anilines is 1. The molecule has 2 aliphatic rings. The van der Waals surface area contributed by atoms with Crippen molar-refractivity contribution in [3.8, 4) is 0 Å². The summed E-state index contributed by atoms with van der Waals surface area (Å²) < 4.78 is -0.00169. The predicted molar refractivity (Wildman–Crippen MR) is 88.8 cm³/mol. The van der Waals surface area contributed by atoms with Crippen LogP contribution in [0.15, 0.2) is 23.2 Å². The Kier molecular flexibility index (Phi) is 4.24. The van der Waals surface area contributed by atoms with E-state index in [1.165, 1.54) is 5.57 Å². The number of nitrogens with zero attached hydrogens (tertiary/aromatic N) is 3. The van der Waals surface area contributed by atoms with Crippen molar-refractivity contribution in [2.45, 2.75) is 25.0 Å². The number of rotatable bonds is 5. The van der Waals surface area contributed by atoms with Crippen molar-refractivity contribution in [1.82, 2.24) is 20.2 Å². The number of nitrogens with one attached hydrogen (secondary N) is 2. The van der Waals surface area contributed by atoms with Gasteiger partial charge >= 0.3 is 6.03 Å². The smallest absolute Gasteiger partial charge is 0.317 e. The molecule has 7 heteroatoms. The summed E-state index contributed by atoms with van der Waals surface area (Å²) in [6.45, 7) is 7.17. The monoisotopic (exact) mass is 319 g/mol. The van der Waals surface area contributed by atoms with Crippen LogP contribution in [0.4, 0.5) is 10.7 Å². The van der Waals surface area contributed by atoms with Gasteiger partial charge in [0.05, 0.1) is 10.4 Å². The second-order valence-corrected chi connectivity index (χ2v) is 7.27. The lowest BCUT2D eigenvalue weighted by Crippen LogP contribution is -2.32. The minimum atomic E-state index is -0.00169. The summed E-state index contributed by atoms with van der Waals surface area (Å²) in [6.07, 6.45) is 2.81. The summed E-state index contributed by atoms with van der Waals surface area (Å²) in [5, 5.41) is 8.22. The predicted octanol–water partition coefficient (Wildman–Crippen LogP) is 2.17. The number of allylic oxidation sites excluding steroid dienone is 1. The number of urea groups is 1. The third-order valence-corrected chi connectivity index (χ3v) is 5.34. The highest BCUT2D eigenvalue weighted by Gasteiger charge is 2.32. The maximum atomic E-state index is 11.5. The van der Waals surface area contributed by atoms with Crippen LogP contribution in [0.1, 0.15) is 26.0 Å². The fraction of sp³-hybridized carbons (Fsp3) is 0.533. The second kappa shape index (κ2) is 6.16. The van der Waals surface area contributed by atoms with Gasteiger partial charge in [-0.2, -0.15) is 0 Å². The van der Waals surface area contributed by atoms with Crippen molar-refractivity contribution in [2.24, 2.45) is 0 Å². The van der Waals surface area contributed by atoms with Crippen LogP contribution in [0.3, 0.4) is 0 Å². The molecule has 6 nitrogen and oxygen atoms in total. The number of hydrogen-bond acceptors (Lipinski definition) is 5. The zero-order valence-electron chi connectivity index (χ0n) is 12.9. The molecule has 0 saturated carbocycles. The van der Waals surface area contributed by atoms with Crippen molar-refractivity contribution in [1.29, 1.82) is 0 Å². The third-order valence-electron chi connectivity index (χ3n) is 3.94. The molecule has 22 heavy (non-hydrogen) atoms. The van der Waals surface area contributed by atoms with E-state index < -0.39 is 0 Å². The first-order valence-electron chi connectivity index (χ1n) is 7.50. The maximum Gasteiger partial charge on any atom is 0.317 e. The van der Waals surface area contributed by atoms with E-state index in [4.69, 9.17) is 0 Å². The molecule has 3 heterocycles. The van der Waals surface area contributed by atoms with Gasteiger partial charge in [0.1, 0.15) is 0 Å². The molecule has 0 bridgehead atoms. The average molecular weight is 319 g/mol. The van der Waals surface area contributed by atoms with E-state index in [2.05, 4.69) is 39.9 Å². The SMILES string of the molecule is CC1=CSC(C)(c2ccnc(NCCN3CCNC3=O)n2)C1. The summed E-state index contributed by atoms with van der Waals surface area (Å²) >= 11 is 1.82. The Labute approximate surface area is 134 Å². The number of amides is 2. The van der Waals surface area contributed by atoms with E-state index in [-0.39, 0.29) is 10.8 Å². The highest BCUT2D eigenvalue weighted by atomic mass is 32.2. The summed E-state index contributed by atoms with van der Waals surface area (Å²) in [5.41, 5.74) is 2.43. The third kappa shape index (κ3) is 3.19. The van der Waals surface area contributed by atoms with E-state index in [0.29, 0.717) is 19.0 Å². The maximum absolute atomic E-state index is 11.5. The van der Waals surface area contributed by atoms with Gasteiger partial charge in [-0.3, -0.25) is 0 Å². The van der Waals surface area contributed by atoms with Crippen LogP contribution in [0.25, 0.3) is 0 Å². The number of carbonyl (C=O) groups is 1. The number of carbonyl (C=O) groups excluding carboxylic acids is 1. The van der Waals surface area contributed by atoms with Gasteiger partial charge in [0.15, 0.2) is 0 Å². The number of aromatic nitrogens is 2. The van der Waals surface area contributed by atoms with Crippen LogP contribution < -0.4 is 10.6 Å². The second-order valence-electron chi connectivity index (χ2n) is 5.90. The summed E-state index contributed by atoms with van der Waals surface area (Å²) in [4.78, 5) is 22.2. The highest BCUT2D eigenvalue weighted by molar-refractivity contribution is 8.03. The van der Waals surface area contributed by atoms with Crippen molar-refractivity contribution < 1.29 is 4.79 Å². The Hall–Kier alpha value is -1.76. The highest BCUT2D eigenvalue weighted by Crippen LogP contribution is 2.47. The van der Waals surface area contributed by atoms with Crippen molar-refractivity contribution in [3.63, 3.8) is 0 Å². The quantitative estimate of drug-likeness (QED) is 0.870. The molecule has 118 valence electrons. The molecule has 3 rings (SSSR count). The molecule has 0 aromatic carbocycles. The Bertz CT molecular complexity index is 605. The molecule has 0 spiro atoms. The van der Waals surface area contributed by atoms with E-state index in [1.54, 1.807) is 11.1 Å². The lowest BCUT2D eigenvalue weighted by molar-refractivity contribution is 0.219. The Morgan fingerprint density at radius 2 is 2.41 bits per heavy atom. The molecule has 2 N–H and O–H groups in total. The molecule has 0 radical (unpaired) electrons. The molecule has 1 unspecified atom stereocenters. The van der Waals surface area contributed by atoms with E-state index in [9.17, 15) is 4.79 Å². The average Bonchev–Trinajstić information content (AvgIpc) is 3.06. The normalized spacial score (nSPS) is 24.4. The first kappa shape index (κ1) is 15.1. The zero-order valence-corrected chi connectivity index (χ0v) is 13.7. The molecule has 1 aromatic heterocycles. The van der Waals surface area contributed by atoms with Crippen LogP contribution in [0, 0.1) is 0 Å². The molecule has 1 saturated heterocycles. The summed E-state index contributed by atoms with van der Waals surface area (Å²) in [6, 6.07) is 1.99. The van der Waals surface area contributed by atoms with Gasteiger partial charge in [0, 0.05) is 32.4 Å². The van der Waals surface area contributed by atoms with Crippen molar-refractivity contribution in [3.05, 3.63) is 28.9 Å². The van der Waals surface area contributed by atoms with Crippen LogP contribution >= 0.6 is 11.8 Å². The molecule has 2 aliphatic heterocycles.